The molecule has 0 unspecified atom stereocenters. The lowest BCUT2D eigenvalue weighted by molar-refractivity contribution is -0.118. The van der Waals surface area contributed by atoms with Crippen molar-refractivity contribution in [2.75, 3.05) is 0 Å². The molecule has 1 aliphatic carbocycles. The van der Waals surface area contributed by atoms with E-state index < -0.39 is 0 Å². The van der Waals surface area contributed by atoms with Gasteiger partial charge in [0.05, 0.1) is 12.1 Å². The molecule has 0 atom stereocenters. The average molecular weight is 137 g/mol. The summed E-state index contributed by atoms with van der Waals surface area (Å²) in [6.45, 7) is 0. The van der Waals surface area contributed by atoms with Crippen LogP contribution in [0.25, 0.3) is 0 Å². The molecule has 0 bridgehead atoms. The minimum Gasteiger partial charge on any atom is -0.448 e. The summed E-state index contributed by atoms with van der Waals surface area (Å²) in [5.74, 6) is 1.15. The van der Waals surface area contributed by atoms with Crippen LogP contribution in [0.2, 0.25) is 0 Å². The van der Waals surface area contributed by atoms with Crippen LogP contribution in [0.5, 0.6) is 0 Å². The van der Waals surface area contributed by atoms with Gasteiger partial charge in [-0.25, -0.2) is 4.98 Å². The van der Waals surface area contributed by atoms with E-state index in [1.165, 1.54) is 6.39 Å². The third-order valence-corrected chi connectivity index (χ3v) is 1.72. The number of hydrogen-bond acceptors (Lipinski definition) is 3. The van der Waals surface area contributed by atoms with Crippen molar-refractivity contribution >= 4 is 5.78 Å². The number of hydrogen-bond donors (Lipinski definition) is 0. The first-order chi connectivity index (χ1) is 4.86. The number of rotatable bonds is 0. The lowest BCUT2D eigenvalue weighted by Crippen LogP contribution is -2.11. The molecule has 1 heterocycles. The molecule has 1 aromatic heterocycles. The third kappa shape index (κ3) is 0.744. The molecule has 0 fully saturated rings. The molecular weight excluding hydrogens is 130 g/mol. The van der Waals surface area contributed by atoms with E-state index >= 15 is 0 Å². The van der Waals surface area contributed by atoms with E-state index in [0.29, 0.717) is 12.8 Å². The van der Waals surface area contributed by atoms with Gasteiger partial charge in [0.1, 0.15) is 11.5 Å². The van der Waals surface area contributed by atoms with Gasteiger partial charge in [0, 0.05) is 12.8 Å². The molecule has 3 heteroatoms. The summed E-state index contributed by atoms with van der Waals surface area (Å²) in [4.78, 5) is 14.8. The van der Waals surface area contributed by atoms with Crippen molar-refractivity contribution in [2.45, 2.75) is 19.3 Å². The van der Waals surface area contributed by atoms with Gasteiger partial charge in [-0.15, -0.1) is 0 Å². The van der Waals surface area contributed by atoms with Gasteiger partial charge in [-0.1, -0.05) is 0 Å². The fourth-order valence-corrected chi connectivity index (χ4v) is 1.17. The van der Waals surface area contributed by atoms with Gasteiger partial charge in [0.15, 0.2) is 6.39 Å². The quantitative estimate of drug-likeness (QED) is 0.529. The van der Waals surface area contributed by atoms with Crippen LogP contribution >= 0.6 is 0 Å². The second-order valence-electron chi connectivity index (χ2n) is 2.44. The molecule has 10 heavy (non-hydrogen) atoms. The smallest absolute Gasteiger partial charge is 0.181 e. The zero-order chi connectivity index (χ0) is 6.97. The molecule has 1 aliphatic rings. The van der Waals surface area contributed by atoms with Gasteiger partial charge >= 0.3 is 0 Å². The molecule has 0 amide bonds. The van der Waals surface area contributed by atoms with Crippen LogP contribution < -0.4 is 0 Å². The Hall–Kier alpha value is -1.12. The number of aromatic nitrogens is 1. The van der Waals surface area contributed by atoms with Crippen molar-refractivity contribution in [3.8, 4) is 0 Å². The number of nitrogens with zero attached hydrogens (tertiary/aromatic N) is 1. The largest absolute Gasteiger partial charge is 0.448 e. The highest BCUT2D eigenvalue weighted by molar-refractivity contribution is 5.82. The second-order valence-corrected chi connectivity index (χ2v) is 2.44. The van der Waals surface area contributed by atoms with E-state index in [1.807, 2.05) is 0 Å². The van der Waals surface area contributed by atoms with E-state index in [9.17, 15) is 4.79 Å². The second kappa shape index (κ2) is 1.94. The Kier molecular flexibility index (Phi) is 1.09. The summed E-state index contributed by atoms with van der Waals surface area (Å²) in [6.07, 6.45) is 3.21. The summed E-state index contributed by atoms with van der Waals surface area (Å²) < 4.78 is 5.04. The van der Waals surface area contributed by atoms with Crippen molar-refractivity contribution in [1.82, 2.24) is 4.98 Å². The molecule has 0 N–H and O–H groups in total. The molecule has 3 nitrogen and oxygen atoms in total. The highest BCUT2D eigenvalue weighted by Gasteiger charge is 2.18. The number of Topliss-reactive ketones (excluding diaryl/α,β-unsaturated/α-hetero) is 1. The number of carbonyl (C=O) groups is 1. The highest BCUT2D eigenvalue weighted by Crippen LogP contribution is 2.16. The monoisotopic (exact) mass is 137 g/mol. The van der Waals surface area contributed by atoms with Crippen molar-refractivity contribution < 1.29 is 9.21 Å². The lowest BCUT2D eigenvalue weighted by atomic mass is 10.0. The van der Waals surface area contributed by atoms with Crippen LogP contribution in [0.4, 0.5) is 0 Å². The van der Waals surface area contributed by atoms with Crippen molar-refractivity contribution in [2.24, 2.45) is 0 Å². The Labute approximate surface area is 58.1 Å². The molecule has 52 valence electrons. The minimum atomic E-state index is 0.265. The van der Waals surface area contributed by atoms with Crippen LogP contribution in [-0.2, 0) is 17.6 Å². The Morgan fingerprint density at radius 2 is 2.40 bits per heavy atom. The van der Waals surface area contributed by atoms with Crippen LogP contribution in [0, 0.1) is 0 Å². The van der Waals surface area contributed by atoms with Gasteiger partial charge in [0.25, 0.3) is 0 Å². The standard InChI is InChI=1S/C7H7NO2/c9-5-1-2-7-6(3-5)8-4-10-7/h4H,1-3H2. The summed E-state index contributed by atoms with van der Waals surface area (Å²) in [5.41, 5.74) is 0.830. The lowest BCUT2D eigenvalue weighted by Gasteiger charge is -2.05. The van der Waals surface area contributed by atoms with Crippen LogP contribution in [0.3, 0.4) is 0 Å². The first-order valence-corrected chi connectivity index (χ1v) is 3.29. The first-order valence-electron chi connectivity index (χ1n) is 3.29. The van der Waals surface area contributed by atoms with Crippen LogP contribution in [-0.4, -0.2) is 10.8 Å². The average Bonchev–Trinajstić information content (AvgIpc) is 2.33. The molecule has 0 radical (unpaired) electrons. The Bertz CT molecular complexity index is 264. The van der Waals surface area contributed by atoms with E-state index in [-0.39, 0.29) is 5.78 Å². The zero-order valence-electron chi connectivity index (χ0n) is 5.46. The highest BCUT2D eigenvalue weighted by atomic mass is 16.3. The van der Waals surface area contributed by atoms with E-state index in [0.717, 1.165) is 17.9 Å². The summed E-state index contributed by atoms with van der Waals surface area (Å²) >= 11 is 0. The normalized spacial score (nSPS) is 17.0. The number of fused-ring (bicyclic) bond motifs is 1. The van der Waals surface area contributed by atoms with E-state index in [4.69, 9.17) is 4.42 Å². The fourth-order valence-electron chi connectivity index (χ4n) is 1.17. The Balaban J connectivity index is 2.39. The first kappa shape index (κ1) is 5.65. The summed E-state index contributed by atoms with van der Waals surface area (Å²) in [7, 11) is 0. The van der Waals surface area contributed by atoms with Gasteiger partial charge in [-0.2, -0.15) is 0 Å². The zero-order valence-corrected chi connectivity index (χ0v) is 5.46. The Morgan fingerprint density at radius 1 is 1.50 bits per heavy atom. The molecule has 0 aliphatic heterocycles. The molecule has 1 aromatic rings. The number of oxazole rings is 1. The van der Waals surface area contributed by atoms with Crippen LogP contribution in [0.15, 0.2) is 10.8 Å². The molecular formula is C7H7NO2. The minimum absolute atomic E-state index is 0.265. The number of ketones is 1. The molecule has 2 rings (SSSR count). The van der Waals surface area contributed by atoms with Crippen molar-refractivity contribution in [1.29, 1.82) is 0 Å². The van der Waals surface area contributed by atoms with E-state index in [1.54, 1.807) is 0 Å². The topological polar surface area (TPSA) is 43.1 Å². The maximum Gasteiger partial charge on any atom is 0.181 e. The number of carbonyl (C=O) groups excluding carboxylic acids is 1. The summed E-state index contributed by atoms with van der Waals surface area (Å²) in [6, 6.07) is 0. The predicted octanol–water partition coefficient (Wildman–Crippen LogP) is 0.732. The third-order valence-electron chi connectivity index (χ3n) is 1.72. The Morgan fingerprint density at radius 3 is 3.30 bits per heavy atom. The van der Waals surface area contributed by atoms with Gasteiger partial charge in [-0.05, 0) is 0 Å². The van der Waals surface area contributed by atoms with Gasteiger partial charge in [-0.3, -0.25) is 4.79 Å². The molecule has 0 spiro atoms. The maximum atomic E-state index is 10.8. The number of aryl methyl sites for hydroxylation is 1. The van der Waals surface area contributed by atoms with E-state index in [2.05, 4.69) is 4.98 Å². The van der Waals surface area contributed by atoms with Crippen molar-refractivity contribution in [3.05, 3.63) is 17.8 Å². The SMILES string of the molecule is O=C1CCc2ocnc2C1. The molecule has 0 saturated carbocycles. The molecule has 0 aromatic carbocycles. The maximum absolute atomic E-state index is 10.8. The molecule has 0 saturated heterocycles. The summed E-state index contributed by atoms with van der Waals surface area (Å²) in [5, 5.41) is 0. The van der Waals surface area contributed by atoms with Gasteiger partial charge < -0.3 is 4.42 Å². The predicted molar refractivity (Wildman–Crippen MR) is 33.5 cm³/mol. The van der Waals surface area contributed by atoms with Crippen molar-refractivity contribution in [3.63, 3.8) is 0 Å². The van der Waals surface area contributed by atoms with Gasteiger partial charge in [0.2, 0.25) is 0 Å². The van der Waals surface area contributed by atoms with Crippen LogP contribution in [0.1, 0.15) is 17.9 Å². The fraction of sp³-hybridized carbons (Fsp3) is 0.429.